The molecule has 0 aliphatic rings. The van der Waals surface area contributed by atoms with Gasteiger partial charge in [0.15, 0.2) is 0 Å². The van der Waals surface area contributed by atoms with Crippen LogP contribution in [0.25, 0.3) is 0 Å². The molecule has 0 heterocycles. The number of hydrogen-bond donors (Lipinski definition) is 0. The van der Waals surface area contributed by atoms with Gasteiger partial charge in [0, 0.05) is 5.56 Å². The topological polar surface area (TPSA) is 71.0 Å². The molecule has 120 valence electrons. The summed E-state index contributed by atoms with van der Waals surface area (Å²) in [4.78, 5) is 15.9. The molecular formula is C18H18KNO4. The van der Waals surface area contributed by atoms with Crippen molar-refractivity contribution in [2.24, 2.45) is 5.16 Å². The first-order valence-corrected chi connectivity index (χ1v) is 7.13. The average molecular weight is 351 g/mol. The molecule has 6 heteroatoms. The number of aliphatic carboxylic acids is 1. The van der Waals surface area contributed by atoms with Crippen LogP contribution in [0.5, 0.6) is 5.75 Å². The molecule has 0 fully saturated rings. The van der Waals surface area contributed by atoms with Gasteiger partial charge >= 0.3 is 51.4 Å². The molecule has 0 radical (unpaired) electrons. The van der Waals surface area contributed by atoms with Crippen molar-refractivity contribution in [2.75, 3.05) is 7.11 Å². The molecule has 0 amide bonds. The van der Waals surface area contributed by atoms with Crippen molar-refractivity contribution in [3.63, 3.8) is 0 Å². The summed E-state index contributed by atoms with van der Waals surface area (Å²) >= 11 is 0. The molecule has 5 nitrogen and oxygen atoms in total. The summed E-state index contributed by atoms with van der Waals surface area (Å²) < 4.78 is 5.84. The van der Waals surface area contributed by atoms with Gasteiger partial charge in [-0.25, -0.2) is 0 Å². The van der Waals surface area contributed by atoms with Crippen molar-refractivity contribution >= 4 is 11.7 Å². The van der Waals surface area contributed by atoms with E-state index in [-0.39, 0.29) is 63.7 Å². The van der Waals surface area contributed by atoms with Crippen LogP contribution < -0.4 is 61.2 Å². The van der Waals surface area contributed by atoms with Crippen LogP contribution in [0, 0.1) is 13.8 Å². The van der Waals surface area contributed by atoms with Crippen molar-refractivity contribution in [3.8, 4) is 5.75 Å². The molecule has 0 bridgehead atoms. The molecule has 0 unspecified atom stereocenters. The summed E-state index contributed by atoms with van der Waals surface area (Å²) in [7, 11) is 1.29. The third kappa shape index (κ3) is 5.43. The van der Waals surface area contributed by atoms with Crippen molar-refractivity contribution in [1.82, 2.24) is 0 Å². The number of ether oxygens (including phenoxy) is 1. The normalized spacial score (nSPS) is 10.7. The van der Waals surface area contributed by atoms with Gasteiger partial charge in [-0.1, -0.05) is 41.6 Å². The van der Waals surface area contributed by atoms with E-state index < -0.39 is 5.97 Å². The summed E-state index contributed by atoms with van der Waals surface area (Å²) in [5.41, 5.74) is 2.95. The van der Waals surface area contributed by atoms with Crippen molar-refractivity contribution in [2.45, 2.75) is 20.5 Å². The van der Waals surface area contributed by atoms with Gasteiger partial charge in [0.2, 0.25) is 0 Å². The fourth-order valence-electron chi connectivity index (χ4n) is 2.18. The predicted molar refractivity (Wildman–Crippen MR) is 85.2 cm³/mol. The fraction of sp³-hybridized carbons (Fsp3) is 0.222. The number of aryl methyl sites for hydroxylation is 2. The first-order chi connectivity index (χ1) is 11.0. The van der Waals surface area contributed by atoms with Crippen molar-refractivity contribution in [3.05, 3.63) is 64.7 Å². The molecule has 2 rings (SSSR count). The zero-order valence-corrected chi connectivity index (χ0v) is 17.5. The van der Waals surface area contributed by atoms with Crippen LogP contribution in [-0.4, -0.2) is 18.8 Å². The molecule has 0 aliphatic carbocycles. The van der Waals surface area contributed by atoms with Gasteiger partial charge in [-0.2, -0.15) is 0 Å². The van der Waals surface area contributed by atoms with E-state index in [4.69, 9.17) is 4.74 Å². The summed E-state index contributed by atoms with van der Waals surface area (Å²) in [5, 5.41) is 14.8. The Morgan fingerprint density at radius 1 is 1.17 bits per heavy atom. The monoisotopic (exact) mass is 351 g/mol. The summed E-state index contributed by atoms with van der Waals surface area (Å²) in [6.07, 6.45) is 0. The third-order valence-corrected chi connectivity index (χ3v) is 3.38. The minimum atomic E-state index is -1.40. The maximum absolute atomic E-state index is 11.3. The molecule has 0 saturated carbocycles. The second kappa shape index (κ2) is 9.95. The number of carboxylic acids is 1. The second-order valence-electron chi connectivity index (χ2n) is 5.12. The van der Waals surface area contributed by atoms with Crippen LogP contribution in [0.2, 0.25) is 0 Å². The average Bonchev–Trinajstić information content (AvgIpc) is 2.53. The predicted octanol–water partition coefficient (Wildman–Crippen LogP) is -1.01. The molecule has 2 aromatic rings. The van der Waals surface area contributed by atoms with Gasteiger partial charge in [0.05, 0.1) is 5.97 Å². The van der Waals surface area contributed by atoms with E-state index in [1.54, 1.807) is 18.2 Å². The van der Waals surface area contributed by atoms with E-state index in [0.29, 0.717) is 11.1 Å². The molecule has 0 aliphatic heterocycles. The summed E-state index contributed by atoms with van der Waals surface area (Å²) in [6.45, 7) is 4.16. The van der Waals surface area contributed by atoms with E-state index in [0.717, 1.165) is 16.9 Å². The van der Waals surface area contributed by atoms with E-state index in [9.17, 15) is 9.90 Å². The molecule has 2 aromatic carbocycles. The summed E-state index contributed by atoms with van der Waals surface area (Å²) in [6, 6.07) is 12.9. The number of carbonyl (C=O) groups excluding carboxylic acids is 1. The van der Waals surface area contributed by atoms with Crippen LogP contribution in [-0.2, 0) is 16.2 Å². The van der Waals surface area contributed by atoms with Gasteiger partial charge in [-0.15, -0.1) is 0 Å². The van der Waals surface area contributed by atoms with Gasteiger partial charge in [0.1, 0.15) is 25.2 Å². The molecule has 0 saturated heterocycles. The molecule has 0 atom stereocenters. The smallest absolute Gasteiger partial charge is 0.543 e. The van der Waals surface area contributed by atoms with E-state index in [1.165, 1.54) is 7.11 Å². The van der Waals surface area contributed by atoms with Gasteiger partial charge in [0.25, 0.3) is 0 Å². The maximum Gasteiger partial charge on any atom is 1.00 e. The Hall–Kier alpha value is -1.18. The quantitative estimate of drug-likeness (QED) is 0.380. The fourth-order valence-corrected chi connectivity index (χ4v) is 2.18. The Balaban J connectivity index is 0.00000288. The second-order valence-corrected chi connectivity index (χ2v) is 5.12. The zero-order valence-electron chi connectivity index (χ0n) is 14.3. The Morgan fingerprint density at radius 3 is 2.54 bits per heavy atom. The molecule has 24 heavy (non-hydrogen) atoms. The first-order valence-electron chi connectivity index (χ1n) is 7.13. The van der Waals surface area contributed by atoms with E-state index >= 15 is 0 Å². The third-order valence-electron chi connectivity index (χ3n) is 3.38. The Bertz CT molecular complexity index is 744. The van der Waals surface area contributed by atoms with Crippen LogP contribution in [0.15, 0.2) is 47.6 Å². The molecule has 0 aromatic heterocycles. The van der Waals surface area contributed by atoms with Gasteiger partial charge in [-0.05, 0) is 36.6 Å². The number of oxime groups is 1. The van der Waals surface area contributed by atoms with Gasteiger partial charge in [-0.3, -0.25) is 0 Å². The van der Waals surface area contributed by atoms with E-state index in [2.05, 4.69) is 9.99 Å². The Labute approximate surface area is 184 Å². The number of rotatable bonds is 6. The van der Waals surface area contributed by atoms with Crippen LogP contribution >= 0.6 is 0 Å². The number of benzene rings is 2. The Kier molecular flexibility index (Phi) is 8.65. The van der Waals surface area contributed by atoms with Crippen molar-refractivity contribution < 1.29 is 70.9 Å². The number of hydrogen-bond acceptors (Lipinski definition) is 5. The molecule has 0 spiro atoms. The van der Waals surface area contributed by atoms with Crippen LogP contribution in [0.4, 0.5) is 0 Å². The van der Waals surface area contributed by atoms with Crippen LogP contribution in [0.3, 0.4) is 0 Å². The minimum absolute atomic E-state index is 0. The number of carbonyl (C=O) groups is 1. The maximum atomic E-state index is 11.3. The zero-order chi connectivity index (χ0) is 16.8. The SMILES string of the molecule is CON=C(C(=O)[O-])c1ccccc1COc1cc(C)ccc1C.[K+]. The molecular weight excluding hydrogens is 333 g/mol. The standard InChI is InChI=1S/C18H19NO4.K/c1-12-8-9-13(2)16(10-12)23-11-14-6-4-5-7-15(14)17(18(20)21)19-22-3;/h4-10H,11H2,1-3H3,(H,20,21);/q;+1/p-1. The van der Waals surface area contributed by atoms with Crippen LogP contribution in [0.1, 0.15) is 22.3 Å². The largest absolute Gasteiger partial charge is 1.00 e. The first kappa shape index (κ1) is 20.9. The van der Waals surface area contributed by atoms with Crippen molar-refractivity contribution in [1.29, 1.82) is 0 Å². The van der Waals surface area contributed by atoms with Gasteiger partial charge < -0.3 is 19.5 Å². The Morgan fingerprint density at radius 2 is 1.88 bits per heavy atom. The minimum Gasteiger partial charge on any atom is -0.543 e. The summed E-state index contributed by atoms with van der Waals surface area (Å²) in [5.74, 6) is -0.635. The number of carboxylic acid groups (broad SMARTS) is 1. The van der Waals surface area contributed by atoms with E-state index in [1.807, 2.05) is 38.1 Å². The molecule has 0 N–H and O–H groups in total. The number of nitrogens with zero attached hydrogens (tertiary/aromatic N) is 1.